The third kappa shape index (κ3) is 7.71. The highest BCUT2D eigenvalue weighted by molar-refractivity contribution is 6.35. The summed E-state index contributed by atoms with van der Waals surface area (Å²) < 4.78 is 18.9. The average Bonchev–Trinajstić information content (AvgIpc) is 2.67. The van der Waals surface area contributed by atoms with Crippen molar-refractivity contribution in [2.45, 2.75) is 52.2 Å². The second kappa shape index (κ2) is 10.8. The van der Waals surface area contributed by atoms with Gasteiger partial charge in [0.15, 0.2) is 6.61 Å². The van der Waals surface area contributed by atoms with Gasteiger partial charge in [0.1, 0.15) is 17.6 Å². The van der Waals surface area contributed by atoms with E-state index in [4.69, 9.17) is 27.9 Å². The van der Waals surface area contributed by atoms with E-state index in [0.717, 1.165) is 0 Å². The number of rotatable bonds is 8. The molecular weight excluding hydrogens is 442 g/mol. The summed E-state index contributed by atoms with van der Waals surface area (Å²) in [7, 11) is 0. The quantitative estimate of drug-likeness (QED) is 0.576. The van der Waals surface area contributed by atoms with Gasteiger partial charge in [-0.25, -0.2) is 4.39 Å². The van der Waals surface area contributed by atoms with Crippen LogP contribution in [-0.4, -0.2) is 34.9 Å². The summed E-state index contributed by atoms with van der Waals surface area (Å²) >= 11 is 12.0. The fourth-order valence-electron chi connectivity index (χ4n) is 2.97. The van der Waals surface area contributed by atoms with E-state index in [2.05, 4.69) is 5.32 Å². The van der Waals surface area contributed by atoms with Crippen molar-refractivity contribution >= 4 is 35.0 Å². The lowest BCUT2D eigenvalue weighted by molar-refractivity contribution is -0.143. The van der Waals surface area contributed by atoms with Crippen LogP contribution in [0, 0.1) is 5.82 Å². The summed E-state index contributed by atoms with van der Waals surface area (Å²) in [6.07, 6.45) is 0.399. The van der Waals surface area contributed by atoms with Crippen LogP contribution in [0.2, 0.25) is 10.0 Å². The van der Waals surface area contributed by atoms with Crippen molar-refractivity contribution < 1.29 is 18.7 Å². The maximum absolute atomic E-state index is 13.3. The number of carbonyl (C=O) groups is 2. The molecule has 2 aromatic carbocycles. The van der Waals surface area contributed by atoms with Crippen molar-refractivity contribution in [3.8, 4) is 5.75 Å². The molecule has 0 bridgehead atoms. The smallest absolute Gasteiger partial charge is 0.261 e. The molecule has 0 saturated heterocycles. The van der Waals surface area contributed by atoms with Crippen molar-refractivity contribution in [2.24, 2.45) is 0 Å². The van der Waals surface area contributed by atoms with Crippen LogP contribution < -0.4 is 10.1 Å². The molecule has 0 unspecified atom stereocenters. The van der Waals surface area contributed by atoms with Gasteiger partial charge in [0, 0.05) is 17.1 Å². The van der Waals surface area contributed by atoms with Crippen molar-refractivity contribution in [3.63, 3.8) is 0 Å². The summed E-state index contributed by atoms with van der Waals surface area (Å²) in [5.41, 5.74) is 0.240. The van der Waals surface area contributed by atoms with Crippen LogP contribution in [0.25, 0.3) is 0 Å². The minimum atomic E-state index is -0.721. The molecule has 31 heavy (non-hydrogen) atoms. The molecule has 1 atom stereocenters. The second-order valence-electron chi connectivity index (χ2n) is 8.17. The number of benzene rings is 2. The summed E-state index contributed by atoms with van der Waals surface area (Å²) in [6, 6.07) is 9.78. The van der Waals surface area contributed by atoms with E-state index in [1.54, 1.807) is 24.3 Å². The Hall–Kier alpha value is -2.31. The molecule has 0 spiro atoms. The molecular formula is C23H27Cl2FN2O3. The first-order chi connectivity index (χ1) is 14.5. The monoisotopic (exact) mass is 468 g/mol. The molecule has 0 aliphatic rings. The van der Waals surface area contributed by atoms with Crippen LogP contribution >= 0.6 is 23.2 Å². The van der Waals surface area contributed by atoms with Gasteiger partial charge >= 0.3 is 0 Å². The van der Waals surface area contributed by atoms with Crippen LogP contribution in [0.4, 0.5) is 4.39 Å². The van der Waals surface area contributed by atoms with Crippen molar-refractivity contribution in [1.82, 2.24) is 10.2 Å². The highest BCUT2D eigenvalue weighted by Crippen LogP contribution is 2.27. The van der Waals surface area contributed by atoms with Gasteiger partial charge in [-0.1, -0.05) is 42.3 Å². The summed E-state index contributed by atoms with van der Waals surface area (Å²) in [5.74, 6) is -0.727. The average molecular weight is 469 g/mol. The number of hydrogen-bond donors (Lipinski definition) is 1. The van der Waals surface area contributed by atoms with E-state index >= 15 is 0 Å². The number of nitrogens with zero attached hydrogens (tertiary/aromatic N) is 1. The molecule has 0 radical (unpaired) electrons. The maximum Gasteiger partial charge on any atom is 0.261 e. The largest absolute Gasteiger partial charge is 0.482 e. The SMILES string of the molecule is CC[C@@H](C(=O)NC(C)(C)C)N(Cc1ccc(F)cc1)C(=O)COc1ccc(Cl)cc1Cl. The van der Waals surface area contributed by atoms with Gasteiger partial charge in [-0.3, -0.25) is 9.59 Å². The predicted octanol–water partition coefficient (Wildman–Crippen LogP) is 5.23. The van der Waals surface area contributed by atoms with Gasteiger partial charge in [0.2, 0.25) is 5.91 Å². The summed E-state index contributed by atoms with van der Waals surface area (Å²) in [4.78, 5) is 27.5. The Morgan fingerprint density at radius 2 is 1.77 bits per heavy atom. The minimum Gasteiger partial charge on any atom is -0.482 e. The zero-order valence-electron chi connectivity index (χ0n) is 18.0. The first-order valence-electron chi connectivity index (χ1n) is 9.94. The molecule has 8 heteroatoms. The van der Waals surface area contributed by atoms with E-state index < -0.39 is 17.5 Å². The lowest BCUT2D eigenvalue weighted by Crippen LogP contribution is -2.54. The first-order valence-corrected chi connectivity index (χ1v) is 10.7. The fourth-order valence-corrected chi connectivity index (χ4v) is 3.44. The van der Waals surface area contributed by atoms with Crippen molar-refractivity contribution in [1.29, 1.82) is 0 Å². The minimum absolute atomic E-state index is 0.132. The normalized spacial score (nSPS) is 12.2. The van der Waals surface area contributed by atoms with Crippen molar-refractivity contribution in [2.75, 3.05) is 6.61 Å². The van der Waals surface area contributed by atoms with Gasteiger partial charge in [0.25, 0.3) is 5.91 Å². The number of hydrogen-bond acceptors (Lipinski definition) is 3. The van der Waals surface area contributed by atoms with Gasteiger partial charge < -0.3 is 15.0 Å². The molecule has 168 valence electrons. The van der Waals surface area contributed by atoms with Gasteiger partial charge in [-0.15, -0.1) is 0 Å². The molecule has 2 rings (SSSR count). The van der Waals surface area contributed by atoms with E-state index in [1.165, 1.54) is 23.1 Å². The van der Waals surface area contributed by atoms with E-state index in [0.29, 0.717) is 22.8 Å². The molecule has 0 aromatic heterocycles. The molecule has 0 saturated carbocycles. The molecule has 0 fully saturated rings. The number of halogens is 3. The predicted molar refractivity (Wildman–Crippen MR) is 121 cm³/mol. The Labute approximate surface area is 192 Å². The maximum atomic E-state index is 13.3. The lowest BCUT2D eigenvalue weighted by atomic mass is 10.1. The number of carbonyl (C=O) groups excluding carboxylic acids is 2. The van der Waals surface area contributed by atoms with Crippen LogP contribution in [-0.2, 0) is 16.1 Å². The van der Waals surface area contributed by atoms with Gasteiger partial charge in [-0.2, -0.15) is 0 Å². The van der Waals surface area contributed by atoms with Crippen LogP contribution in [0.15, 0.2) is 42.5 Å². The topological polar surface area (TPSA) is 58.6 Å². The molecule has 2 aromatic rings. The molecule has 5 nitrogen and oxygen atoms in total. The van der Waals surface area contributed by atoms with Crippen LogP contribution in [0.1, 0.15) is 39.7 Å². The molecule has 0 heterocycles. The Morgan fingerprint density at radius 1 is 1.13 bits per heavy atom. The van der Waals surface area contributed by atoms with Crippen LogP contribution in [0.5, 0.6) is 5.75 Å². The Kier molecular flexibility index (Phi) is 8.71. The number of amides is 2. The van der Waals surface area contributed by atoms with E-state index in [1.807, 2.05) is 27.7 Å². The number of nitrogens with one attached hydrogen (secondary N) is 1. The Bertz CT molecular complexity index is 914. The Morgan fingerprint density at radius 3 is 2.32 bits per heavy atom. The standard InChI is InChI=1S/C23H27Cl2FN2O3/c1-5-19(22(30)27-23(2,3)4)28(13-15-6-9-17(26)10-7-15)21(29)14-31-20-11-8-16(24)12-18(20)25/h6-12,19H,5,13-14H2,1-4H3,(H,27,30)/t19-/m0/s1. The van der Waals surface area contributed by atoms with E-state index in [-0.39, 0.29) is 29.9 Å². The third-order valence-corrected chi connectivity index (χ3v) is 4.93. The zero-order valence-corrected chi connectivity index (χ0v) is 19.6. The van der Waals surface area contributed by atoms with Gasteiger partial charge in [-0.05, 0) is 63.1 Å². The highest BCUT2D eigenvalue weighted by atomic mass is 35.5. The fraction of sp³-hybridized carbons (Fsp3) is 0.391. The van der Waals surface area contributed by atoms with E-state index in [9.17, 15) is 14.0 Å². The zero-order chi connectivity index (χ0) is 23.2. The molecule has 2 amide bonds. The van der Waals surface area contributed by atoms with Crippen molar-refractivity contribution in [3.05, 3.63) is 63.9 Å². The molecule has 0 aliphatic carbocycles. The summed E-state index contributed by atoms with van der Waals surface area (Å²) in [5, 5.41) is 3.65. The Balaban J connectivity index is 2.24. The highest BCUT2D eigenvalue weighted by Gasteiger charge is 2.31. The summed E-state index contributed by atoms with van der Waals surface area (Å²) in [6.45, 7) is 7.25. The lowest BCUT2D eigenvalue weighted by Gasteiger charge is -2.33. The molecule has 0 aliphatic heterocycles. The number of ether oxygens (including phenoxy) is 1. The first kappa shape index (κ1) is 25.0. The van der Waals surface area contributed by atoms with Gasteiger partial charge in [0.05, 0.1) is 5.02 Å². The van der Waals surface area contributed by atoms with Crippen LogP contribution in [0.3, 0.4) is 0 Å². The third-order valence-electron chi connectivity index (χ3n) is 4.40. The second-order valence-corrected chi connectivity index (χ2v) is 9.02. The molecule has 1 N–H and O–H groups in total.